The lowest BCUT2D eigenvalue weighted by molar-refractivity contribution is -0.117. The molecule has 2 atom stereocenters. The summed E-state index contributed by atoms with van der Waals surface area (Å²) in [6, 6.07) is 0. The molecular formula is C6H10OS2. The molecule has 0 aliphatic carbocycles. The zero-order valence-corrected chi connectivity index (χ0v) is 7.22. The topological polar surface area (TPSA) is 17.1 Å². The first-order chi connectivity index (χ1) is 4.25. The van der Waals surface area contributed by atoms with Gasteiger partial charge in [0, 0.05) is 0 Å². The zero-order valence-electron chi connectivity index (χ0n) is 5.59. The van der Waals surface area contributed by atoms with Crippen molar-refractivity contribution >= 4 is 27.4 Å². The standard InChI is InChI=1S/C6H10OS2/c1-3-5-6(7)4(2)8-9-5/h4-5H,3H2,1-2H3. The molecule has 1 nitrogen and oxygen atoms in total. The Hall–Kier alpha value is 0.370. The van der Waals surface area contributed by atoms with Crippen LogP contribution in [0.2, 0.25) is 0 Å². The second-order valence-corrected chi connectivity index (χ2v) is 4.95. The summed E-state index contributed by atoms with van der Waals surface area (Å²) < 4.78 is 0. The van der Waals surface area contributed by atoms with Crippen molar-refractivity contribution < 1.29 is 4.79 Å². The molecule has 0 bridgehead atoms. The van der Waals surface area contributed by atoms with Crippen LogP contribution < -0.4 is 0 Å². The molecule has 52 valence electrons. The van der Waals surface area contributed by atoms with Crippen LogP contribution in [-0.4, -0.2) is 16.3 Å². The van der Waals surface area contributed by atoms with E-state index in [1.54, 1.807) is 21.6 Å². The molecule has 1 fully saturated rings. The largest absolute Gasteiger partial charge is 0.297 e. The summed E-state index contributed by atoms with van der Waals surface area (Å²) in [5.74, 6) is 0.424. The maximum absolute atomic E-state index is 11.1. The fraction of sp³-hybridized carbons (Fsp3) is 0.833. The summed E-state index contributed by atoms with van der Waals surface area (Å²) in [5.41, 5.74) is 0. The molecule has 1 aliphatic heterocycles. The van der Waals surface area contributed by atoms with E-state index in [1.807, 2.05) is 6.92 Å². The van der Waals surface area contributed by atoms with Crippen LogP contribution in [0.3, 0.4) is 0 Å². The van der Waals surface area contributed by atoms with Crippen LogP contribution in [0.5, 0.6) is 0 Å². The molecule has 0 aromatic carbocycles. The quantitative estimate of drug-likeness (QED) is 0.550. The highest BCUT2D eigenvalue weighted by molar-refractivity contribution is 8.78. The summed E-state index contributed by atoms with van der Waals surface area (Å²) in [5, 5.41) is 0.518. The van der Waals surface area contributed by atoms with Gasteiger partial charge in [0.1, 0.15) is 0 Å². The smallest absolute Gasteiger partial charge is 0.160 e. The SMILES string of the molecule is CCC1SSC(C)C1=O. The minimum atomic E-state index is 0.236. The summed E-state index contributed by atoms with van der Waals surface area (Å²) in [7, 11) is 3.43. The van der Waals surface area contributed by atoms with Crippen molar-refractivity contribution in [3.63, 3.8) is 0 Å². The van der Waals surface area contributed by atoms with Crippen molar-refractivity contribution in [1.82, 2.24) is 0 Å². The average Bonchev–Trinajstić information content (AvgIpc) is 2.15. The molecule has 0 amide bonds. The predicted octanol–water partition coefficient (Wildman–Crippen LogP) is 2.12. The van der Waals surface area contributed by atoms with E-state index >= 15 is 0 Å². The normalized spacial score (nSPS) is 35.6. The van der Waals surface area contributed by atoms with Crippen molar-refractivity contribution in [1.29, 1.82) is 0 Å². The first-order valence-corrected chi connectivity index (χ1v) is 5.39. The van der Waals surface area contributed by atoms with Crippen LogP contribution in [0.25, 0.3) is 0 Å². The summed E-state index contributed by atoms with van der Waals surface area (Å²) >= 11 is 0. The van der Waals surface area contributed by atoms with Gasteiger partial charge in [-0.3, -0.25) is 4.79 Å². The van der Waals surface area contributed by atoms with Crippen LogP contribution in [0.4, 0.5) is 0 Å². The molecule has 0 spiro atoms. The first-order valence-electron chi connectivity index (χ1n) is 3.11. The Kier molecular flexibility index (Phi) is 2.47. The highest BCUT2D eigenvalue weighted by Crippen LogP contribution is 2.41. The number of carbonyl (C=O) groups is 1. The highest BCUT2D eigenvalue weighted by Gasteiger charge is 2.30. The molecular weight excluding hydrogens is 152 g/mol. The van der Waals surface area contributed by atoms with Gasteiger partial charge in [0.05, 0.1) is 10.5 Å². The van der Waals surface area contributed by atoms with Crippen LogP contribution >= 0.6 is 21.6 Å². The van der Waals surface area contributed by atoms with Gasteiger partial charge in [-0.05, 0) is 13.3 Å². The summed E-state index contributed by atoms with van der Waals surface area (Å²) in [4.78, 5) is 11.1. The van der Waals surface area contributed by atoms with Crippen molar-refractivity contribution in [3.05, 3.63) is 0 Å². The predicted molar refractivity (Wildman–Crippen MR) is 43.7 cm³/mol. The number of hydrogen-bond acceptors (Lipinski definition) is 3. The second-order valence-electron chi connectivity index (χ2n) is 2.13. The lowest BCUT2D eigenvalue weighted by Gasteiger charge is -1.98. The van der Waals surface area contributed by atoms with E-state index < -0.39 is 0 Å². The van der Waals surface area contributed by atoms with Gasteiger partial charge in [0.2, 0.25) is 0 Å². The molecule has 3 heteroatoms. The summed E-state index contributed by atoms with van der Waals surface area (Å²) in [6.07, 6.45) is 0.987. The van der Waals surface area contributed by atoms with Gasteiger partial charge < -0.3 is 0 Å². The van der Waals surface area contributed by atoms with Gasteiger partial charge in [-0.1, -0.05) is 28.5 Å². The highest BCUT2D eigenvalue weighted by atomic mass is 33.1. The van der Waals surface area contributed by atoms with E-state index in [-0.39, 0.29) is 10.5 Å². The van der Waals surface area contributed by atoms with Crippen molar-refractivity contribution in [3.8, 4) is 0 Å². The molecule has 1 rings (SSSR count). The lowest BCUT2D eigenvalue weighted by atomic mass is 10.2. The minimum absolute atomic E-state index is 0.236. The van der Waals surface area contributed by atoms with E-state index in [0.29, 0.717) is 5.78 Å². The third-order valence-corrected chi connectivity index (χ3v) is 4.73. The van der Waals surface area contributed by atoms with Crippen molar-refractivity contribution in [2.24, 2.45) is 0 Å². The maximum atomic E-state index is 11.1. The molecule has 1 aliphatic rings. The van der Waals surface area contributed by atoms with Gasteiger partial charge in [-0.25, -0.2) is 0 Å². The molecule has 9 heavy (non-hydrogen) atoms. The minimum Gasteiger partial charge on any atom is -0.297 e. The molecule has 2 unspecified atom stereocenters. The number of carbonyl (C=O) groups excluding carboxylic acids is 1. The fourth-order valence-electron chi connectivity index (χ4n) is 0.776. The van der Waals surface area contributed by atoms with E-state index in [4.69, 9.17) is 0 Å². The Morgan fingerprint density at radius 2 is 2.22 bits per heavy atom. The molecule has 1 heterocycles. The number of hydrogen-bond donors (Lipinski definition) is 0. The third-order valence-electron chi connectivity index (χ3n) is 1.40. The van der Waals surface area contributed by atoms with Gasteiger partial charge >= 0.3 is 0 Å². The second kappa shape index (κ2) is 2.97. The van der Waals surface area contributed by atoms with Crippen LogP contribution in [0.15, 0.2) is 0 Å². The molecule has 0 radical (unpaired) electrons. The number of ketones is 1. The van der Waals surface area contributed by atoms with Crippen LogP contribution in [-0.2, 0) is 4.79 Å². The molecule has 0 saturated carbocycles. The Morgan fingerprint density at radius 3 is 2.44 bits per heavy atom. The van der Waals surface area contributed by atoms with Crippen molar-refractivity contribution in [2.45, 2.75) is 30.8 Å². The Balaban J connectivity index is 2.51. The van der Waals surface area contributed by atoms with Gasteiger partial charge in [0.15, 0.2) is 5.78 Å². The Labute approximate surface area is 63.4 Å². The monoisotopic (exact) mass is 162 g/mol. The average molecular weight is 162 g/mol. The van der Waals surface area contributed by atoms with Gasteiger partial charge in [-0.15, -0.1) is 0 Å². The summed E-state index contributed by atoms with van der Waals surface area (Å²) in [6.45, 7) is 4.05. The van der Waals surface area contributed by atoms with Crippen molar-refractivity contribution in [2.75, 3.05) is 0 Å². The lowest BCUT2D eigenvalue weighted by Crippen LogP contribution is -2.17. The van der Waals surface area contributed by atoms with E-state index in [0.717, 1.165) is 6.42 Å². The Morgan fingerprint density at radius 1 is 1.56 bits per heavy atom. The Bertz CT molecular complexity index is 124. The van der Waals surface area contributed by atoms with E-state index in [2.05, 4.69) is 6.92 Å². The molecule has 0 aromatic rings. The molecule has 0 N–H and O–H groups in total. The zero-order chi connectivity index (χ0) is 6.85. The van der Waals surface area contributed by atoms with E-state index in [1.165, 1.54) is 0 Å². The fourth-order valence-corrected chi connectivity index (χ4v) is 3.74. The molecule has 1 saturated heterocycles. The van der Waals surface area contributed by atoms with Gasteiger partial charge in [-0.2, -0.15) is 0 Å². The third kappa shape index (κ3) is 1.44. The van der Waals surface area contributed by atoms with E-state index in [9.17, 15) is 4.79 Å². The number of Topliss-reactive ketones (excluding diaryl/α,β-unsaturated/α-hetero) is 1. The molecule has 0 aromatic heterocycles. The first kappa shape index (κ1) is 7.48. The number of rotatable bonds is 1. The van der Waals surface area contributed by atoms with Crippen LogP contribution in [0, 0.1) is 0 Å². The van der Waals surface area contributed by atoms with Crippen LogP contribution in [0.1, 0.15) is 20.3 Å². The maximum Gasteiger partial charge on any atom is 0.160 e. The van der Waals surface area contributed by atoms with Gasteiger partial charge in [0.25, 0.3) is 0 Å².